The Labute approximate surface area is 124 Å². The van der Waals surface area contributed by atoms with Gasteiger partial charge >= 0.3 is 5.97 Å². The van der Waals surface area contributed by atoms with Crippen LogP contribution in [-0.4, -0.2) is 73.9 Å². The molecule has 1 rings (SSSR count). The predicted octanol–water partition coefficient (Wildman–Crippen LogP) is -1.82. The van der Waals surface area contributed by atoms with Crippen LogP contribution in [0.4, 0.5) is 0 Å². The lowest BCUT2D eigenvalue weighted by Crippen LogP contribution is -2.49. The van der Waals surface area contributed by atoms with Crippen molar-refractivity contribution < 1.29 is 23.1 Å². The third-order valence-corrected chi connectivity index (χ3v) is 4.97. The monoisotopic (exact) mass is 322 g/mol. The number of carbonyl (C=O) groups excluding carboxylic acids is 1. The summed E-state index contributed by atoms with van der Waals surface area (Å²) >= 11 is 0. The molecule has 1 saturated heterocycles. The molecule has 1 fully saturated rings. The van der Waals surface area contributed by atoms with Gasteiger partial charge in [-0.05, 0) is 12.8 Å². The quantitative estimate of drug-likeness (QED) is 0.482. The van der Waals surface area contributed by atoms with E-state index in [9.17, 15) is 18.0 Å². The first-order valence-electron chi connectivity index (χ1n) is 6.66. The molecule has 0 aromatic carbocycles. The number of carbonyl (C=O) groups is 2. The summed E-state index contributed by atoms with van der Waals surface area (Å²) in [6.45, 7) is 1.28. The number of carboxylic acids is 1. The number of likely N-dealkylation sites (tertiary alicyclic amines) is 1. The summed E-state index contributed by atoms with van der Waals surface area (Å²) < 4.78 is 27.6. The Bertz CT molecular complexity index is 473. The van der Waals surface area contributed by atoms with Crippen LogP contribution in [0, 0.1) is 0 Å². The van der Waals surface area contributed by atoms with Crippen molar-refractivity contribution in [3.63, 3.8) is 0 Å². The first-order chi connectivity index (χ1) is 9.70. The van der Waals surface area contributed by atoms with Crippen molar-refractivity contribution in [1.29, 1.82) is 0 Å². The van der Waals surface area contributed by atoms with E-state index in [-0.39, 0.29) is 25.6 Å². The number of nitrogens with two attached hydrogens (primary N) is 1. The van der Waals surface area contributed by atoms with Crippen molar-refractivity contribution >= 4 is 22.1 Å². The highest BCUT2D eigenvalue weighted by molar-refractivity contribution is 7.87. The molecule has 9 nitrogen and oxygen atoms in total. The molecule has 10 heteroatoms. The van der Waals surface area contributed by atoms with Gasteiger partial charge in [0, 0.05) is 32.7 Å². The lowest BCUT2D eigenvalue weighted by Gasteiger charge is -2.32. The van der Waals surface area contributed by atoms with Crippen molar-refractivity contribution in [2.75, 3.05) is 33.2 Å². The first kappa shape index (κ1) is 17.8. The highest BCUT2D eigenvalue weighted by atomic mass is 32.2. The van der Waals surface area contributed by atoms with Crippen LogP contribution in [0.15, 0.2) is 0 Å². The third-order valence-electron chi connectivity index (χ3n) is 3.33. The molecular weight excluding hydrogens is 300 g/mol. The van der Waals surface area contributed by atoms with Crippen molar-refractivity contribution in [3.05, 3.63) is 0 Å². The van der Waals surface area contributed by atoms with Crippen LogP contribution in [-0.2, 0) is 19.8 Å². The standard InChI is InChI=1S/C11H22N4O5S/c1-14(5-4-11(17)18)21(19,20)13-9-2-6-15(7-3-9)8-10(12)16/h9,13H,2-8H2,1H3,(H2,12,16)(H,17,18). The SMILES string of the molecule is CN(CCC(=O)O)S(=O)(=O)NC1CCN(CC(N)=O)CC1. The Hall–Kier alpha value is -1.23. The summed E-state index contributed by atoms with van der Waals surface area (Å²) in [5.41, 5.74) is 5.11. The lowest BCUT2D eigenvalue weighted by molar-refractivity contribution is -0.137. The second kappa shape index (κ2) is 7.69. The molecule has 1 aliphatic heterocycles. The predicted molar refractivity (Wildman–Crippen MR) is 75.6 cm³/mol. The number of rotatable bonds is 8. The molecule has 1 heterocycles. The summed E-state index contributed by atoms with van der Waals surface area (Å²) in [7, 11) is -2.35. The van der Waals surface area contributed by atoms with Crippen LogP contribution in [0.1, 0.15) is 19.3 Å². The molecule has 0 aliphatic carbocycles. The highest BCUT2D eigenvalue weighted by Crippen LogP contribution is 2.11. The minimum absolute atomic E-state index is 0.0782. The van der Waals surface area contributed by atoms with E-state index in [0.29, 0.717) is 25.9 Å². The number of nitrogens with one attached hydrogen (secondary N) is 1. The highest BCUT2D eigenvalue weighted by Gasteiger charge is 2.26. The Balaban J connectivity index is 2.43. The van der Waals surface area contributed by atoms with Gasteiger partial charge in [-0.2, -0.15) is 17.4 Å². The molecule has 0 aromatic heterocycles. The van der Waals surface area contributed by atoms with Crippen molar-refractivity contribution in [3.8, 4) is 0 Å². The molecule has 0 bridgehead atoms. The van der Waals surface area contributed by atoms with Gasteiger partial charge < -0.3 is 10.8 Å². The molecule has 0 saturated carbocycles. The molecule has 1 amide bonds. The van der Waals surface area contributed by atoms with Gasteiger partial charge in [0.1, 0.15) is 0 Å². The number of hydrogen-bond acceptors (Lipinski definition) is 5. The third kappa shape index (κ3) is 6.38. The van der Waals surface area contributed by atoms with Gasteiger partial charge in [0.2, 0.25) is 5.91 Å². The summed E-state index contributed by atoms with van der Waals surface area (Å²) in [6.07, 6.45) is 0.924. The summed E-state index contributed by atoms with van der Waals surface area (Å²) in [6, 6.07) is -0.216. The number of primary amides is 1. The molecule has 21 heavy (non-hydrogen) atoms. The second-order valence-corrected chi connectivity index (χ2v) is 6.91. The fraction of sp³-hybridized carbons (Fsp3) is 0.818. The Kier molecular flexibility index (Phi) is 6.52. The molecule has 4 N–H and O–H groups in total. The van der Waals surface area contributed by atoms with Crippen LogP contribution in [0.2, 0.25) is 0 Å². The van der Waals surface area contributed by atoms with Crippen molar-refractivity contribution in [1.82, 2.24) is 13.9 Å². The molecule has 1 aliphatic rings. The van der Waals surface area contributed by atoms with Crippen LogP contribution in [0.5, 0.6) is 0 Å². The minimum atomic E-state index is -3.69. The molecule has 122 valence electrons. The number of amides is 1. The van der Waals surface area contributed by atoms with E-state index in [1.54, 1.807) is 0 Å². The van der Waals surface area contributed by atoms with Gasteiger partial charge in [-0.25, -0.2) is 0 Å². The molecule has 0 atom stereocenters. The fourth-order valence-corrected chi connectivity index (χ4v) is 3.27. The van der Waals surface area contributed by atoms with Crippen LogP contribution in [0.25, 0.3) is 0 Å². The Morgan fingerprint density at radius 3 is 2.43 bits per heavy atom. The summed E-state index contributed by atoms with van der Waals surface area (Å²) in [5.74, 6) is -1.45. The van der Waals surface area contributed by atoms with E-state index in [4.69, 9.17) is 10.8 Å². The van der Waals surface area contributed by atoms with E-state index in [1.165, 1.54) is 7.05 Å². The van der Waals surface area contributed by atoms with Gasteiger partial charge in [-0.15, -0.1) is 0 Å². The number of aliphatic carboxylic acids is 1. The van der Waals surface area contributed by atoms with Gasteiger partial charge in [0.25, 0.3) is 10.2 Å². The Morgan fingerprint density at radius 1 is 1.38 bits per heavy atom. The number of piperidine rings is 1. The summed E-state index contributed by atoms with van der Waals surface area (Å²) in [4.78, 5) is 23.1. The van der Waals surface area contributed by atoms with E-state index in [2.05, 4.69) is 4.72 Å². The van der Waals surface area contributed by atoms with E-state index in [1.807, 2.05) is 4.90 Å². The smallest absolute Gasteiger partial charge is 0.304 e. The van der Waals surface area contributed by atoms with Crippen LogP contribution < -0.4 is 10.5 Å². The van der Waals surface area contributed by atoms with Crippen LogP contribution >= 0.6 is 0 Å². The largest absolute Gasteiger partial charge is 0.481 e. The van der Waals surface area contributed by atoms with Crippen LogP contribution in [0.3, 0.4) is 0 Å². The van der Waals surface area contributed by atoms with Gasteiger partial charge in [-0.1, -0.05) is 0 Å². The van der Waals surface area contributed by atoms with Crippen molar-refractivity contribution in [2.24, 2.45) is 5.73 Å². The lowest BCUT2D eigenvalue weighted by atomic mass is 10.1. The zero-order valence-corrected chi connectivity index (χ0v) is 12.8. The van der Waals surface area contributed by atoms with Gasteiger partial charge in [-0.3, -0.25) is 14.5 Å². The summed E-state index contributed by atoms with van der Waals surface area (Å²) in [5, 5.41) is 8.57. The molecule has 0 radical (unpaired) electrons. The normalized spacial score (nSPS) is 18.0. The zero-order valence-electron chi connectivity index (χ0n) is 12.0. The average molecular weight is 322 g/mol. The maximum Gasteiger partial charge on any atom is 0.304 e. The van der Waals surface area contributed by atoms with E-state index < -0.39 is 22.1 Å². The molecule has 0 spiro atoms. The number of nitrogens with zero attached hydrogens (tertiary/aromatic N) is 2. The topological polar surface area (TPSA) is 133 Å². The molecular formula is C11H22N4O5S. The van der Waals surface area contributed by atoms with Gasteiger partial charge in [0.15, 0.2) is 0 Å². The zero-order chi connectivity index (χ0) is 16.0. The fourth-order valence-electron chi connectivity index (χ4n) is 2.10. The Morgan fingerprint density at radius 2 is 1.95 bits per heavy atom. The number of carboxylic acid groups (broad SMARTS) is 1. The molecule has 0 aromatic rings. The van der Waals surface area contributed by atoms with Crippen molar-refractivity contribution in [2.45, 2.75) is 25.3 Å². The molecule has 0 unspecified atom stereocenters. The van der Waals surface area contributed by atoms with E-state index >= 15 is 0 Å². The second-order valence-electron chi connectivity index (χ2n) is 5.10. The minimum Gasteiger partial charge on any atom is -0.481 e. The van der Waals surface area contributed by atoms with Gasteiger partial charge in [0.05, 0.1) is 13.0 Å². The average Bonchev–Trinajstić information content (AvgIpc) is 2.37. The maximum absolute atomic E-state index is 12.0. The number of hydrogen-bond donors (Lipinski definition) is 3. The van der Waals surface area contributed by atoms with E-state index in [0.717, 1.165) is 4.31 Å². The maximum atomic E-state index is 12.0. The first-order valence-corrected chi connectivity index (χ1v) is 8.11.